The van der Waals surface area contributed by atoms with E-state index < -0.39 is 19.9 Å². The van der Waals surface area contributed by atoms with E-state index in [0.717, 1.165) is 19.3 Å². The Hall–Kier alpha value is -2.03. The normalized spacial score (nSPS) is 30.5. The van der Waals surface area contributed by atoms with Gasteiger partial charge in [0.25, 0.3) is 8.32 Å². The molecule has 200 valence electrons. The molecule has 5 rings (SSSR count). The lowest BCUT2D eigenvalue weighted by atomic mass is 9.84. The fourth-order valence-electron chi connectivity index (χ4n) is 6.53. The Balaban J connectivity index is 1.39. The molecule has 0 aromatic heterocycles. The lowest BCUT2D eigenvalue weighted by molar-refractivity contribution is -0.360. The molecule has 0 N–H and O–H groups in total. The number of hydrogen-bond donors (Lipinski definition) is 0. The molecule has 0 radical (unpaired) electrons. The van der Waals surface area contributed by atoms with E-state index in [2.05, 4.69) is 81.4 Å². The van der Waals surface area contributed by atoms with Gasteiger partial charge in [0.05, 0.1) is 19.1 Å². The van der Waals surface area contributed by atoms with Crippen molar-refractivity contribution in [2.45, 2.75) is 94.9 Å². The second-order valence-electron chi connectivity index (χ2n) is 11.9. The monoisotopic (exact) mass is 524 g/mol. The van der Waals surface area contributed by atoms with E-state index in [-0.39, 0.29) is 23.0 Å². The number of methoxy groups -OCH3 is 1. The molecule has 1 heterocycles. The average molecular weight is 525 g/mol. The first kappa shape index (κ1) is 26.6. The Labute approximate surface area is 221 Å². The highest BCUT2D eigenvalue weighted by molar-refractivity contribution is 6.99. The third-order valence-electron chi connectivity index (χ3n) is 8.38. The summed E-state index contributed by atoms with van der Waals surface area (Å²) in [5.41, 5.74) is 0. The minimum absolute atomic E-state index is 0.0230. The standard InChI is InChI=1S/C30H40O6Si/c1-28(2,3)37(25-13-7-5-8-14-25,26-15-9-6-10-16-26)33-24-12-11-19-30(22-24)34-29(35-36-30)20-17-23(18-21-29)27(31)32-4/h5-10,13-16,23-24H,11-12,17-22H2,1-4H3. The molecule has 6 nitrogen and oxygen atoms in total. The van der Waals surface area contributed by atoms with Gasteiger partial charge in [0, 0.05) is 25.7 Å². The Morgan fingerprint density at radius 2 is 1.43 bits per heavy atom. The molecule has 3 aliphatic rings. The van der Waals surface area contributed by atoms with E-state index in [4.69, 9.17) is 23.7 Å². The molecular weight excluding hydrogens is 484 g/mol. The van der Waals surface area contributed by atoms with E-state index in [1.54, 1.807) is 0 Å². The van der Waals surface area contributed by atoms with Gasteiger partial charge in [-0.25, -0.2) is 0 Å². The van der Waals surface area contributed by atoms with Crippen molar-refractivity contribution in [2.75, 3.05) is 7.11 Å². The van der Waals surface area contributed by atoms with Gasteiger partial charge >= 0.3 is 5.97 Å². The van der Waals surface area contributed by atoms with Gasteiger partial charge in [-0.2, -0.15) is 9.78 Å². The molecule has 1 saturated heterocycles. The molecule has 2 aromatic carbocycles. The zero-order chi connectivity index (χ0) is 26.2. The lowest BCUT2D eigenvalue weighted by Crippen LogP contribution is -2.68. The molecule has 37 heavy (non-hydrogen) atoms. The van der Waals surface area contributed by atoms with Crippen LogP contribution in [0.3, 0.4) is 0 Å². The average Bonchev–Trinajstić information content (AvgIpc) is 3.24. The molecule has 3 fully saturated rings. The largest absolute Gasteiger partial charge is 0.469 e. The number of rotatable bonds is 5. The molecule has 7 heteroatoms. The van der Waals surface area contributed by atoms with Crippen LogP contribution in [0.1, 0.15) is 72.1 Å². The Morgan fingerprint density at radius 1 is 0.865 bits per heavy atom. The molecule has 2 saturated carbocycles. The SMILES string of the molecule is COC(=O)C1CCC2(CC1)OOC1(CCCC(O[Si](c3ccccc3)(c3ccccc3)C(C)(C)C)C1)O2. The summed E-state index contributed by atoms with van der Waals surface area (Å²) < 4.78 is 19.0. The fourth-order valence-corrected chi connectivity index (χ4v) is 11.2. The van der Waals surface area contributed by atoms with Crippen LogP contribution in [-0.4, -0.2) is 39.1 Å². The first-order valence-corrected chi connectivity index (χ1v) is 15.6. The number of carbonyl (C=O) groups excluding carboxylic acids is 1. The van der Waals surface area contributed by atoms with Crippen molar-refractivity contribution in [2.24, 2.45) is 5.92 Å². The maximum atomic E-state index is 12.0. The second-order valence-corrected chi connectivity index (χ2v) is 16.1. The van der Waals surface area contributed by atoms with Crippen LogP contribution in [0.2, 0.25) is 5.04 Å². The number of esters is 1. The van der Waals surface area contributed by atoms with Crippen molar-refractivity contribution in [3.8, 4) is 0 Å². The number of benzene rings is 2. The third kappa shape index (κ3) is 5.04. The van der Waals surface area contributed by atoms with E-state index in [9.17, 15) is 4.79 Å². The predicted molar refractivity (Wildman–Crippen MR) is 144 cm³/mol. The van der Waals surface area contributed by atoms with Crippen LogP contribution in [0.4, 0.5) is 0 Å². The van der Waals surface area contributed by atoms with Crippen molar-refractivity contribution in [3.63, 3.8) is 0 Å². The summed E-state index contributed by atoms with van der Waals surface area (Å²) in [5, 5.41) is 2.45. The number of hydrogen-bond acceptors (Lipinski definition) is 6. The van der Waals surface area contributed by atoms with Gasteiger partial charge in [-0.05, 0) is 41.1 Å². The Kier molecular flexibility index (Phi) is 7.37. The summed E-state index contributed by atoms with van der Waals surface area (Å²) in [7, 11) is -1.24. The number of carbonyl (C=O) groups is 1. The molecule has 0 bridgehead atoms. The zero-order valence-corrected chi connectivity index (χ0v) is 23.5. The molecular formula is C30H40O6Si. The highest BCUT2D eigenvalue weighted by Crippen LogP contribution is 2.50. The zero-order valence-electron chi connectivity index (χ0n) is 22.5. The van der Waals surface area contributed by atoms with Crippen LogP contribution >= 0.6 is 0 Å². The van der Waals surface area contributed by atoms with Crippen molar-refractivity contribution in [1.82, 2.24) is 0 Å². The summed E-state index contributed by atoms with van der Waals surface area (Å²) in [6.45, 7) is 6.91. The van der Waals surface area contributed by atoms with Crippen molar-refractivity contribution >= 4 is 24.7 Å². The van der Waals surface area contributed by atoms with Crippen LogP contribution in [0, 0.1) is 5.92 Å². The molecule has 2 aromatic rings. The number of ether oxygens (including phenoxy) is 2. The quantitative estimate of drug-likeness (QED) is 0.303. The van der Waals surface area contributed by atoms with Crippen LogP contribution < -0.4 is 10.4 Å². The maximum absolute atomic E-state index is 12.0. The van der Waals surface area contributed by atoms with Crippen molar-refractivity contribution in [3.05, 3.63) is 60.7 Å². The highest BCUT2D eigenvalue weighted by atomic mass is 28.4. The van der Waals surface area contributed by atoms with Crippen LogP contribution in [0.5, 0.6) is 0 Å². The first-order chi connectivity index (χ1) is 17.7. The summed E-state index contributed by atoms with van der Waals surface area (Å²) >= 11 is 0. The van der Waals surface area contributed by atoms with Crippen molar-refractivity contribution < 1.29 is 28.5 Å². The van der Waals surface area contributed by atoms with Crippen LogP contribution in [0.25, 0.3) is 0 Å². The summed E-state index contributed by atoms with van der Waals surface area (Å²) in [5.74, 6) is -1.85. The van der Waals surface area contributed by atoms with Gasteiger partial charge in [-0.1, -0.05) is 81.4 Å². The van der Waals surface area contributed by atoms with Gasteiger partial charge in [-0.15, -0.1) is 0 Å². The summed E-state index contributed by atoms with van der Waals surface area (Å²) in [4.78, 5) is 24.0. The van der Waals surface area contributed by atoms with E-state index in [0.29, 0.717) is 32.1 Å². The molecule has 2 unspecified atom stereocenters. The highest BCUT2D eigenvalue weighted by Gasteiger charge is 2.58. The second kappa shape index (κ2) is 10.3. The van der Waals surface area contributed by atoms with E-state index in [1.165, 1.54) is 17.5 Å². The van der Waals surface area contributed by atoms with Gasteiger partial charge in [0.1, 0.15) is 0 Å². The molecule has 2 aliphatic carbocycles. The Bertz CT molecular complexity index is 1020. The van der Waals surface area contributed by atoms with Gasteiger partial charge in [0.2, 0.25) is 11.6 Å². The minimum Gasteiger partial charge on any atom is -0.469 e. The maximum Gasteiger partial charge on any atom is 0.308 e. The fraction of sp³-hybridized carbons (Fsp3) is 0.567. The molecule has 2 spiro atoms. The van der Waals surface area contributed by atoms with Crippen LogP contribution in [-0.2, 0) is 28.5 Å². The molecule has 0 amide bonds. The van der Waals surface area contributed by atoms with Gasteiger partial charge in [-0.3, -0.25) is 4.79 Å². The van der Waals surface area contributed by atoms with Gasteiger partial charge in [0.15, 0.2) is 0 Å². The minimum atomic E-state index is -2.68. The summed E-state index contributed by atoms with van der Waals surface area (Å²) in [6.07, 6.45) is 5.86. The molecule has 2 atom stereocenters. The van der Waals surface area contributed by atoms with E-state index in [1.807, 2.05) is 0 Å². The summed E-state index contributed by atoms with van der Waals surface area (Å²) in [6, 6.07) is 21.5. The topological polar surface area (TPSA) is 63.2 Å². The molecule has 1 aliphatic heterocycles. The third-order valence-corrected chi connectivity index (χ3v) is 13.5. The smallest absolute Gasteiger partial charge is 0.308 e. The van der Waals surface area contributed by atoms with Crippen LogP contribution in [0.15, 0.2) is 60.7 Å². The van der Waals surface area contributed by atoms with Gasteiger partial charge < -0.3 is 13.9 Å². The lowest BCUT2D eigenvalue weighted by Gasteiger charge is -2.47. The Morgan fingerprint density at radius 3 is 1.97 bits per heavy atom. The first-order valence-electron chi connectivity index (χ1n) is 13.6. The van der Waals surface area contributed by atoms with E-state index >= 15 is 0 Å². The predicted octanol–water partition coefficient (Wildman–Crippen LogP) is 5.24. The van der Waals surface area contributed by atoms with Crippen molar-refractivity contribution in [1.29, 1.82) is 0 Å².